The highest BCUT2D eigenvalue weighted by Gasteiger charge is 2.28. The number of carboxylic acids is 2. The largest absolute Gasteiger partial charge is 0.480 e. The summed E-state index contributed by atoms with van der Waals surface area (Å²) in [5, 5.41) is 32.0. The molecule has 0 heterocycles. The third-order valence-electron chi connectivity index (χ3n) is 3.82. The molecule has 2 rings (SSSR count). The van der Waals surface area contributed by atoms with Gasteiger partial charge in [-0.05, 0) is 23.8 Å². The predicted octanol–water partition coefficient (Wildman–Crippen LogP) is 2.43. The fraction of sp³-hybridized carbons (Fsp3) is 0.176. The van der Waals surface area contributed by atoms with Gasteiger partial charge in [-0.1, -0.05) is 29.8 Å². The Hall–Kier alpha value is -3.18. The van der Waals surface area contributed by atoms with Gasteiger partial charge in [0.05, 0.1) is 22.0 Å². The van der Waals surface area contributed by atoms with Crippen LogP contribution in [-0.2, 0) is 20.4 Å². The molecule has 154 valence electrons. The van der Waals surface area contributed by atoms with Crippen molar-refractivity contribution in [3.63, 3.8) is 0 Å². The first-order valence-electron chi connectivity index (χ1n) is 7.95. The van der Waals surface area contributed by atoms with Crippen LogP contribution in [0, 0.1) is 10.1 Å². The third-order valence-corrected chi connectivity index (χ3v) is 5.78. The second-order valence-electron chi connectivity index (χ2n) is 5.98. The zero-order valence-corrected chi connectivity index (χ0v) is 16.2. The van der Waals surface area contributed by atoms with Crippen LogP contribution >= 0.6 is 11.6 Å². The molecular formula is C17H15ClN2O8S. The van der Waals surface area contributed by atoms with E-state index in [1.165, 1.54) is 12.1 Å². The Bertz CT molecular complexity index is 1070. The van der Waals surface area contributed by atoms with Gasteiger partial charge in [0.1, 0.15) is 11.7 Å². The van der Waals surface area contributed by atoms with Gasteiger partial charge in [0, 0.05) is 11.1 Å². The normalized spacial score (nSPS) is 12.2. The van der Waals surface area contributed by atoms with E-state index in [9.17, 15) is 33.2 Å². The SMILES string of the molecule is O=C(O)c1ccc(N[C@@H](CS(=O)(=O)Cc2ccccc2Cl)C(=O)O)c([N+](=O)[O-])c1. The molecule has 0 aliphatic heterocycles. The topological polar surface area (TPSA) is 164 Å². The van der Waals surface area contributed by atoms with E-state index in [0.29, 0.717) is 0 Å². The van der Waals surface area contributed by atoms with Crippen LogP contribution in [0.15, 0.2) is 42.5 Å². The molecule has 0 aliphatic carbocycles. The van der Waals surface area contributed by atoms with Crippen LogP contribution in [0.2, 0.25) is 5.02 Å². The van der Waals surface area contributed by atoms with Gasteiger partial charge in [-0.25, -0.2) is 18.0 Å². The molecule has 12 heteroatoms. The van der Waals surface area contributed by atoms with E-state index in [4.69, 9.17) is 16.7 Å². The first kappa shape index (κ1) is 22.1. The number of hydrogen-bond acceptors (Lipinski definition) is 7. The number of benzene rings is 2. The maximum atomic E-state index is 12.4. The quantitative estimate of drug-likeness (QED) is 0.390. The van der Waals surface area contributed by atoms with Gasteiger partial charge >= 0.3 is 11.9 Å². The van der Waals surface area contributed by atoms with E-state index in [2.05, 4.69) is 5.32 Å². The zero-order chi connectivity index (χ0) is 21.8. The smallest absolute Gasteiger partial charge is 0.335 e. The van der Waals surface area contributed by atoms with E-state index < -0.39 is 49.9 Å². The minimum Gasteiger partial charge on any atom is -0.480 e. The summed E-state index contributed by atoms with van der Waals surface area (Å²) in [6.45, 7) is 0. The van der Waals surface area contributed by atoms with Crippen molar-refractivity contribution in [1.29, 1.82) is 0 Å². The number of aliphatic carboxylic acids is 1. The minimum atomic E-state index is -3.97. The van der Waals surface area contributed by atoms with Crippen molar-refractivity contribution in [2.24, 2.45) is 0 Å². The van der Waals surface area contributed by atoms with Crippen molar-refractivity contribution >= 4 is 44.8 Å². The number of nitro groups is 1. The zero-order valence-electron chi connectivity index (χ0n) is 14.6. The summed E-state index contributed by atoms with van der Waals surface area (Å²) in [6.07, 6.45) is 0. The summed E-state index contributed by atoms with van der Waals surface area (Å²) >= 11 is 5.94. The fourth-order valence-electron chi connectivity index (χ4n) is 2.47. The molecule has 0 saturated heterocycles. The number of rotatable bonds is 9. The Kier molecular flexibility index (Phi) is 6.77. The Morgan fingerprint density at radius 1 is 1.17 bits per heavy atom. The molecule has 2 aromatic rings. The number of halogens is 1. The highest BCUT2D eigenvalue weighted by Crippen LogP contribution is 2.27. The van der Waals surface area contributed by atoms with Crippen LogP contribution < -0.4 is 5.32 Å². The standard InChI is InChI=1S/C17H15ClN2O8S/c18-12-4-2-1-3-11(12)8-29(27,28)9-14(17(23)24)19-13-6-5-10(16(21)22)7-15(13)20(25)26/h1-7,14,19H,8-9H2,(H,21,22)(H,23,24)/t14-/m0/s1. The Labute approximate surface area is 169 Å². The molecule has 0 fully saturated rings. The lowest BCUT2D eigenvalue weighted by Gasteiger charge is -2.16. The molecule has 0 amide bonds. The maximum Gasteiger partial charge on any atom is 0.335 e. The number of nitrogens with one attached hydrogen (secondary N) is 1. The molecule has 0 saturated carbocycles. The molecule has 0 aliphatic rings. The van der Waals surface area contributed by atoms with E-state index in [0.717, 1.165) is 18.2 Å². The number of aromatic carboxylic acids is 1. The number of hydrogen-bond donors (Lipinski definition) is 3. The highest BCUT2D eigenvalue weighted by molar-refractivity contribution is 7.90. The first-order valence-corrected chi connectivity index (χ1v) is 10.1. The summed E-state index contributed by atoms with van der Waals surface area (Å²) < 4.78 is 24.9. The number of anilines is 1. The van der Waals surface area contributed by atoms with E-state index in [1.807, 2.05) is 0 Å². The van der Waals surface area contributed by atoms with E-state index >= 15 is 0 Å². The van der Waals surface area contributed by atoms with Crippen LogP contribution in [0.4, 0.5) is 11.4 Å². The highest BCUT2D eigenvalue weighted by atomic mass is 35.5. The van der Waals surface area contributed by atoms with Gasteiger partial charge in [-0.2, -0.15) is 0 Å². The summed E-state index contributed by atoms with van der Waals surface area (Å²) in [7, 11) is -3.97. The molecule has 1 atom stereocenters. The maximum absolute atomic E-state index is 12.4. The minimum absolute atomic E-state index is 0.204. The van der Waals surface area contributed by atoms with Crippen molar-refractivity contribution in [1.82, 2.24) is 0 Å². The molecule has 0 spiro atoms. The Morgan fingerprint density at radius 2 is 1.83 bits per heavy atom. The predicted molar refractivity (Wildman–Crippen MR) is 104 cm³/mol. The van der Waals surface area contributed by atoms with Crippen molar-refractivity contribution < 1.29 is 33.1 Å². The van der Waals surface area contributed by atoms with Gasteiger partial charge in [-0.3, -0.25) is 10.1 Å². The molecule has 0 bridgehead atoms. The van der Waals surface area contributed by atoms with Crippen LogP contribution in [0.5, 0.6) is 0 Å². The second kappa shape index (κ2) is 8.88. The van der Waals surface area contributed by atoms with Crippen LogP contribution in [0.25, 0.3) is 0 Å². The summed E-state index contributed by atoms with van der Waals surface area (Å²) in [6, 6.07) is 7.26. The Balaban J connectivity index is 2.29. The molecule has 0 aromatic heterocycles. The van der Waals surface area contributed by atoms with Crippen LogP contribution in [-0.4, -0.2) is 47.3 Å². The molecule has 10 nitrogen and oxygen atoms in total. The van der Waals surface area contributed by atoms with E-state index in [-0.39, 0.29) is 21.8 Å². The number of sulfone groups is 1. The number of carbonyl (C=O) groups is 2. The average Bonchev–Trinajstić information content (AvgIpc) is 2.62. The number of carboxylic acid groups (broad SMARTS) is 2. The molecule has 0 radical (unpaired) electrons. The molecule has 3 N–H and O–H groups in total. The van der Waals surface area contributed by atoms with Crippen molar-refractivity contribution in [3.8, 4) is 0 Å². The summed E-state index contributed by atoms with van der Waals surface area (Å²) in [5.74, 6) is -4.34. The lowest BCUT2D eigenvalue weighted by atomic mass is 10.1. The molecular weight excluding hydrogens is 428 g/mol. The lowest BCUT2D eigenvalue weighted by molar-refractivity contribution is -0.384. The molecule has 29 heavy (non-hydrogen) atoms. The molecule has 2 aromatic carbocycles. The van der Waals surface area contributed by atoms with Gasteiger partial charge in [0.2, 0.25) is 0 Å². The van der Waals surface area contributed by atoms with Crippen molar-refractivity contribution in [3.05, 3.63) is 68.7 Å². The van der Waals surface area contributed by atoms with E-state index in [1.54, 1.807) is 12.1 Å². The van der Waals surface area contributed by atoms with Crippen LogP contribution in [0.1, 0.15) is 15.9 Å². The second-order valence-corrected chi connectivity index (χ2v) is 8.49. The van der Waals surface area contributed by atoms with Gasteiger partial charge in [-0.15, -0.1) is 0 Å². The van der Waals surface area contributed by atoms with Crippen molar-refractivity contribution in [2.75, 3.05) is 11.1 Å². The van der Waals surface area contributed by atoms with Gasteiger partial charge in [0.15, 0.2) is 9.84 Å². The van der Waals surface area contributed by atoms with Gasteiger partial charge in [0.25, 0.3) is 5.69 Å². The number of nitro benzene ring substituents is 1. The summed E-state index contributed by atoms with van der Waals surface area (Å²) in [5.41, 5.74) is -1.10. The lowest BCUT2D eigenvalue weighted by Crippen LogP contribution is -2.37. The third kappa shape index (κ3) is 5.90. The van der Waals surface area contributed by atoms with Gasteiger partial charge < -0.3 is 15.5 Å². The number of nitrogens with zero attached hydrogens (tertiary/aromatic N) is 1. The first-order chi connectivity index (χ1) is 13.5. The molecule has 0 unspecified atom stereocenters. The summed E-state index contributed by atoms with van der Waals surface area (Å²) in [4.78, 5) is 32.8. The monoisotopic (exact) mass is 442 g/mol. The van der Waals surface area contributed by atoms with Crippen LogP contribution in [0.3, 0.4) is 0 Å². The fourth-order valence-corrected chi connectivity index (χ4v) is 4.32. The Morgan fingerprint density at radius 3 is 2.38 bits per heavy atom. The van der Waals surface area contributed by atoms with Crippen molar-refractivity contribution in [2.45, 2.75) is 11.8 Å². The average molecular weight is 443 g/mol.